The van der Waals surface area contributed by atoms with Crippen LogP contribution in [0.1, 0.15) is 0 Å². The van der Waals surface area contributed by atoms with Crippen LogP contribution < -0.4 is 11.4 Å². The Balaban J connectivity index is 0.000000396. The lowest BCUT2D eigenvalue weighted by Gasteiger charge is -1.92. The summed E-state index contributed by atoms with van der Waals surface area (Å²) >= 11 is 0. The first-order chi connectivity index (χ1) is 6.36. The Kier molecular flexibility index (Phi) is 3.16. The third-order valence-electron chi connectivity index (χ3n) is 1.52. The van der Waals surface area contributed by atoms with Gasteiger partial charge in [-0.2, -0.15) is 0 Å². The van der Waals surface area contributed by atoms with Gasteiger partial charge in [-0.15, -0.1) is 0 Å². The molecular weight excluding hydrogens is 166 g/mol. The second-order valence-electron chi connectivity index (χ2n) is 2.28. The Morgan fingerprint density at radius 2 is 2.00 bits per heavy atom. The molecule has 0 aliphatic rings. The van der Waals surface area contributed by atoms with Gasteiger partial charge in [0.1, 0.15) is 0 Å². The van der Waals surface area contributed by atoms with Crippen LogP contribution in [0.3, 0.4) is 0 Å². The van der Waals surface area contributed by atoms with E-state index in [-0.39, 0.29) is 5.69 Å². The molecule has 0 bridgehead atoms. The first kappa shape index (κ1) is 9.41. The fourth-order valence-electron chi connectivity index (χ4n) is 0.999. The SMILES string of the molecule is CN.O=c1ncc2ccccc2[nH]1. The molecule has 1 heterocycles. The third kappa shape index (κ3) is 2.13. The molecule has 0 unspecified atom stereocenters. The average molecular weight is 177 g/mol. The fraction of sp³-hybridized carbons (Fsp3) is 0.111. The standard InChI is InChI=1S/C8H6N2O.CH5N/c11-8-9-5-6-3-1-2-4-7(6)10-8;1-2/h1-5H,(H,9,10,11);2H2,1H3. The van der Waals surface area contributed by atoms with Crippen molar-refractivity contribution in [3.8, 4) is 0 Å². The molecule has 0 atom stereocenters. The average Bonchev–Trinajstić information content (AvgIpc) is 2.21. The number of rotatable bonds is 0. The van der Waals surface area contributed by atoms with Crippen LogP contribution >= 0.6 is 0 Å². The molecule has 0 saturated carbocycles. The van der Waals surface area contributed by atoms with Crippen molar-refractivity contribution in [1.29, 1.82) is 0 Å². The van der Waals surface area contributed by atoms with Gasteiger partial charge in [-0.05, 0) is 13.1 Å². The summed E-state index contributed by atoms with van der Waals surface area (Å²) in [5, 5.41) is 0.951. The molecule has 2 rings (SSSR count). The van der Waals surface area contributed by atoms with Crippen LogP contribution in [0, 0.1) is 0 Å². The highest BCUT2D eigenvalue weighted by Gasteiger charge is 1.90. The summed E-state index contributed by atoms with van der Waals surface area (Å²) in [6, 6.07) is 7.53. The Morgan fingerprint density at radius 3 is 2.77 bits per heavy atom. The van der Waals surface area contributed by atoms with E-state index in [0.717, 1.165) is 10.9 Å². The van der Waals surface area contributed by atoms with Crippen molar-refractivity contribution in [2.24, 2.45) is 5.73 Å². The lowest BCUT2D eigenvalue weighted by atomic mass is 10.2. The molecule has 0 saturated heterocycles. The second kappa shape index (κ2) is 4.37. The van der Waals surface area contributed by atoms with Crippen LogP contribution in [0.25, 0.3) is 10.9 Å². The van der Waals surface area contributed by atoms with E-state index in [2.05, 4.69) is 15.7 Å². The summed E-state index contributed by atoms with van der Waals surface area (Å²) in [6.07, 6.45) is 1.56. The molecule has 4 nitrogen and oxygen atoms in total. The fourth-order valence-corrected chi connectivity index (χ4v) is 0.999. The normalized spacial score (nSPS) is 9.08. The molecule has 3 N–H and O–H groups in total. The maximum atomic E-state index is 10.7. The Hall–Kier alpha value is -1.68. The lowest BCUT2D eigenvalue weighted by molar-refractivity contribution is 1.12. The van der Waals surface area contributed by atoms with Gasteiger partial charge in [0.25, 0.3) is 0 Å². The van der Waals surface area contributed by atoms with Crippen LogP contribution in [0.15, 0.2) is 35.3 Å². The van der Waals surface area contributed by atoms with Gasteiger partial charge in [0.2, 0.25) is 0 Å². The zero-order valence-electron chi connectivity index (χ0n) is 7.32. The van der Waals surface area contributed by atoms with Crippen LogP contribution in [0.5, 0.6) is 0 Å². The number of aromatic nitrogens is 2. The molecule has 0 amide bonds. The van der Waals surface area contributed by atoms with Crippen LogP contribution in [0.2, 0.25) is 0 Å². The van der Waals surface area contributed by atoms with E-state index in [4.69, 9.17) is 0 Å². The maximum absolute atomic E-state index is 10.7. The quantitative estimate of drug-likeness (QED) is 0.615. The molecule has 1 aromatic carbocycles. The van der Waals surface area contributed by atoms with Crippen molar-refractivity contribution in [2.45, 2.75) is 0 Å². The molecule has 0 fully saturated rings. The minimum atomic E-state index is -0.302. The molecular formula is C9H11N3O. The van der Waals surface area contributed by atoms with E-state index in [0.29, 0.717) is 0 Å². The number of hydrogen-bond acceptors (Lipinski definition) is 3. The van der Waals surface area contributed by atoms with Crippen molar-refractivity contribution in [3.05, 3.63) is 40.9 Å². The van der Waals surface area contributed by atoms with Crippen LogP contribution in [0.4, 0.5) is 0 Å². The number of nitrogens with one attached hydrogen (secondary N) is 1. The number of hydrogen-bond donors (Lipinski definition) is 2. The highest BCUT2D eigenvalue weighted by molar-refractivity contribution is 5.76. The molecule has 4 heteroatoms. The van der Waals surface area contributed by atoms with Gasteiger partial charge >= 0.3 is 5.69 Å². The summed E-state index contributed by atoms with van der Waals surface area (Å²) in [4.78, 5) is 16.9. The number of nitrogens with two attached hydrogens (primary N) is 1. The van der Waals surface area contributed by atoms with Crippen molar-refractivity contribution >= 4 is 10.9 Å². The van der Waals surface area contributed by atoms with Crippen molar-refractivity contribution in [2.75, 3.05) is 7.05 Å². The molecule has 0 aliphatic carbocycles. The first-order valence-corrected chi connectivity index (χ1v) is 3.88. The predicted molar refractivity (Wildman–Crippen MR) is 52.5 cm³/mol. The van der Waals surface area contributed by atoms with Gasteiger partial charge < -0.3 is 10.7 Å². The van der Waals surface area contributed by atoms with E-state index in [1.165, 1.54) is 7.05 Å². The predicted octanol–water partition coefficient (Wildman–Crippen LogP) is 0.498. The summed E-state index contributed by atoms with van der Waals surface area (Å²) < 4.78 is 0. The zero-order valence-corrected chi connectivity index (χ0v) is 7.32. The maximum Gasteiger partial charge on any atom is 0.345 e. The summed E-state index contributed by atoms with van der Waals surface area (Å²) in [5.41, 5.74) is 5.02. The van der Waals surface area contributed by atoms with Crippen molar-refractivity contribution < 1.29 is 0 Å². The Bertz CT molecular complexity index is 436. The number of fused-ring (bicyclic) bond motifs is 1. The van der Waals surface area contributed by atoms with Crippen molar-refractivity contribution in [3.63, 3.8) is 0 Å². The van der Waals surface area contributed by atoms with Crippen LogP contribution in [-0.2, 0) is 0 Å². The lowest BCUT2D eigenvalue weighted by Crippen LogP contribution is -2.07. The highest BCUT2D eigenvalue weighted by Crippen LogP contribution is 2.05. The Labute approximate surface area is 75.4 Å². The van der Waals surface area contributed by atoms with E-state index in [1.54, 1.807) is 6.20 Å². The van der Waals surface area contributed by atoms with Crippen LogP contribution in [-0.4, -0.2) is 17.0 Å². The Morgan fingerprint density at radius 1 is 1.31 bits per heavy atom. The molecule has 68 valence electrons. The molecule has 13 heavy (non-hydrogen) atoms. The van der Waals surface area contributed by atoms with E-state index in [1.807, 2.05) is 24.3 Å². The van der Waals surface area contributed by atoms with Gasteiger partial charge in [-0.1, -0.05) is 18.2 Å². The van der Waals surface area contributed by atoms with Gasteiger partial charge in [-0.3, -0.25) is 0 Å². The first-order valence-electron chi connectivity index (χ1n) is 3.88. The molecule has 1 aromatic heterocycles. The number of aromatic amines is 1. The van der Waals surface area contributed by atoms with Gasteiger partial charge in [0, 0.05) is 11.6 Å². The van der Waals surface area contributed by atoms with Crippen molar-refractivity contribution in [1.82, 2.24) is 9.97 Å². The largest absolute Gasteiger partial charge is 0.345 e. The van der Waals surface area contributed by atoms with E-state index >= 15 is 0 Å². The van der Waals surface area contributed by atoms with Gasteiger partial charge in [-0.25, -0.2) is 9.78 Å². The van der Waals surface area contributed by atoms with E-state index in [9.17, 15) is 4.79 Å². The number of para-hydroxylation sites is 1. The highest BCUT2D eigenvalue weighted by atomic mass is 16.1. The van der Waals surface area contributed by atoms with Gasteiger partial charge in [0.05, 0.1) is 5.52 Å². The van der Waals surface area contributed by atoms with Gasteiger partial charge in [0.15, 0.2) is 0 Å². The number of benzene rings is 1. The monoisotopic (exact) mass is 177 g/mol. The number of H-pyrrole nitrogens is 1. The summed E-state index contributed by atoms with van der Waals surface area (Å²) in [7, 11) is 1.50. The topological polar surface area (TPSA) is 71.8 Å². The molecule has 0 radical (unpaired) electrons. The number of nitrogens with zero attached hydrogens (tertiary/aromatic N) is 1. The zero-order chi connectivity index (χ0) is 9.68. The minimum Gasteiger partial charge on any atom is -0.333 e. The molecule has 2 aromatic rings. The smallest absolute Gasteiger partial charge is 0.333 e. The van der Waals surface area contributed by atoms with E-state index < -0.39 is 0 Å². The third-order valence-corrected chi connectivity index (χ3v) is 1.52. The second-order valence-corrected chi connectivity index (χ2v) is 2.28. The summed E-state index contributed by atoms with van der Waals surface area (Å²) in [5.74, 6) is 0. The molecule has 0 spiro atoms. The molecule has 0 aliphatic heterocycles. The minimum absolute atomic E-state index is 0.302. The summed E-state index contributed by atoms with van der Waals surface area (Å²) in [6.45, 7) is 0.